The van der Waals surface area contributed by atoms with E-state index in [1.807, 2.05) is 17.0 Å². The zero-order chi connectivity index (χ0) is 16.1. The number of rotatable bonds is 5. The van der Waals surface area contributed by atoms with Crippen LogP contribution < -0.4 is 0 Å². The summed E-state index contributed by atoms with van der Waals surface area (Å²) in [7, 11) is 0. The molecule has 2 aromatic rings. The molecule has 1 fully saturated rings. The summed E-state index contributed by atoms with van der Waals surface area (Å²) < 4.78 is 0. The summed E-state index contributed by atoms with van der Waals surface area (Å²) >= 11 is 1.63. The minimum atomic E-state index is 0.251. The van der Waals surface area contributed by atoms with Crippen molar-refractivity contribution >= 4 is 17.2 Å². The molecule has 0 atom stereocenters. The number of thiazole rings is 1. The molecule has 1 aliphatic heterocycles. The van der Waals surface area contributed by atoms with Crippen molar-refractivity contribution in [3.8, 4) is 11.3 Å². The third kappa shape index (κ3) is 4.14. The lowest BCUT2D eigenvalue weighted by molar-refractivity contribution is -0.132. The van der Waals surface area contributed by atoms with Crippen LogP contribution in [0.1, 0.15) is 18.4 Å². The fraction of sp³-hybridized carbons (Fsp3) is 0.471. The number of pyridine rings is 1. The van der Waals surface area contributed by atoms with Gasteiger partial charge in [0.2, 0.25) is 5.91 Å². The second-order valence-corrected chi connectivity index (χ2v) is 6.62. The van der Waals surface area contributed by atoms with E-state index in [4.69, 9.17) is 0 Å². The Morgan fingerprint density at radius 2 is 1.96 bits per heavy atom. The monoisotopic (exact) mass is 330 g/mol. The Hall–Kier alpha value is -1.79. The molecule has 0 unspecified atom stereocenters. The lowest BCUT2D eigenvalue weighted by atomic mass is 10.2. The molecule has 0 saturated carbocycles. The van der Waals surface area contributed by atoms with Crippen molar-refractivity contribution in [3.63, 3.8) is 0 Å². The maximum absolute atomic E-state index is 12.3. The Balaban J connectivity index is 1.51. The van der Waals surface area contributed by atoms with Gasteiger partial charge in [0, 0.05) is 62.4 Å². The topological polar surface area (TPSA) is 49.3 Å². The van der Waals surface area contributed by atoms with E-state index in [0.717, 1.165) is 55.4 Å². The molecule has 1 amide bonds. The summed E-state index contributed by atoms with van der Waals surface area (Å²) in [5.74, 6) is 0.251. The number of hydrogen-bond donors (Lipinski definition) is 0. The van der Waals surface area contributed by atoms with Crippen molar-refractivity contribution in [2.45, 2.75) is 19.8 Å². The van der Waals surface area contributed by atoms with Gasteiger partial charge in [0.1, 0.15) is 0 Å². The number of likely N-dealkylation sites (N-methyl/N-ethyl adjacent to an activating group) is 1. The summed E-state index contributed by atoms with van der Waals surface area (Å²) in [6, 6.07) is 3.91. The molecule has 122 valence electrons. The van der Waals surface area contributed by atoms with Gasteiger partial charge in [-0.2, -0.15) is 0 Å². The molecule has 5 nitrogen and oxygen atoms in total. The summed E-state index contributed by atoms with van der Waals surface area (Å²) in [5.41, 5.74) is 2.04. The Labute approximate surface area is 141 Å². The lowest BCUT2D eigenvalue weighted by Crippen LogP contribution is -2.48. The summed E-state index contributed by atoms with van der Waals surface area (Å²) in [6.45, 7) is 6.93. The molecule has 1 aliphatic rings. The highest BCUT2D eigenvalue weighted by Crippen LogP contribution is 2.22. The van der Waals surface area contributed by atoms with Crippen molar-refractivity contribution in [1.29, 1.82) is 0 Å². The third-order valence-electron chi connectivity index (χ3n) is 4.25. The van der Waals surface area contributed by atoms with Crippen LogP contribution in [0.4, 0.5) is 0 Å². The van der Waals surface area contributed by atoms with E-state index in [1.165, 1.54) is 0 Å². The smallest absolute Gasteiger partial charge is 0.223 e. The van der Waals surface area contributed by atoms with Crippen molar-refractivity contribution in [1.82, 2.24) is 19.8 Å². The highest BCUT2D eigenvalue weighted by molar-refractivity contribution is 7.09. The van der Waals surface area contributed by atoms with Gasteiger partial charge in [-0.05, 0) is 18.7 Å². The molecule has 1 saturated heterocycles. The Morgan fingerprint density at radius 1 is 1.22 bits per heavy atom. The molecule has 3 heterocycles. The number of nitrogens with zero attached hydrogens (tertiary/aromatic N) is 4. The van der Waals surface area contributed by atoms with Crippen LogP contribution in [0.3, 0.4) is 0 Å². The minimum Gasteiger partial charge on any atom is -0.340 e. The molecule has 0 bridgehead atoms. The highest BCUT2D eigenvalue weighted by Gasteiger charge is 2.20. The number of aromatic nitrogens is 2. The molecule has 0 aliphatic carbocycles. The number of carbonyl (C=O) groups excluding carboxylic acids is 1. The molecule has 6 heteroatoms. The van der Waals surface area contributed by atoms with Gasteiger partial charge in [0.15, 0.2) is 0 Å². The minimum absolute atomic E-state index is 0.251. The number of amides is 1. The predicted octanol–water partition coefficient (Wildman–Crippen LogP) is 2.30. The van der Waals surface area contributed by atoms with Gasteiger partial charge < -0.3 is 9.80 Å². The van der Waals surface area contributed by atoms with E-state index >= 15 is 0 Å². The SMILES string of the molecule is CCN1CCN(C(=O)CCc2nc(-c3ccncc3)cs2)CC1. The van der Waals surface area contributed by atoms with Gasteiger partial charge in [-0.15, -0.1) is 11.3 Å². The first-order valence-corrected chi connectivity index (χ1v) is 8.99. The molecule has 0 radical (unpaired) electrons. The molecule has 0 N–H and O–H groups in total. The van der Waals surface area contributed by atoms with E-state index in [2.05, 4.69) is 27.2 Å². The maximum Gasteiger partial charge on any atom is 0.223 e. The highest BCUT2D eigenvalue weighted by atomic mass is 32.1. The van der Waals surface area contributed by atoms with Crippen molar-refractivity contribution in [3.05, 3.63) is 34.9 Å². The van der Waals surface area contributed by atoms with Crippen LogP contribution in [0.15, 0.2) is 29.9 Å². The van der Waals surface area contributed by atoms with Gasteiger partial charge in [0.05, 0.1) is 10.7 Å². The second kappa shape index (κ2) is 7.66. The van der Waals surface area contributed by atoms with Crippen molar-refractivity contribution < 1.29 is 4.79 Å². The van der Waals surface area contributed by atoms with Crippen LogP contribution in [0.25, 0.3) is 11.3 Å². The zero-order valence-corrected chi connectivity index (χ0v) is 14.3. The van der Waals surface area contributed by atoms with E-state index in [0.29, 0.717) is 6.42 Å². The number of piperazine rings is 1. The third-order valence-corrected chi connectivity index (χ3v) is 5.16. The summed E-state index contributed by atoms with van der Waals surface area (Å²) in [4.78, 5) is 25.3. The number of aryl methyl sites for hydroxylation is 1. The molecule has 0 aromatic carbocycles. The van der Waals surface area contributed by atoms with Gasteiger partial charge >= 0.3 is 0 Å². The molecule has 2 aromatic heterocycles. The average Bonchev–Trinajstić information content (AvgIpc) is 3.09. The Bertz CT molecular complexity index is 635. The van der Waals surface area contributed by atoms with Gasteiger partial charge in [-0.3, -0.25) is 9.78 Å². The second-order valence-electron chi connectivity index (χ2n) is 5.68. The summed E-state index contributed by atoms with van der Waals surface area (Å²) in [5, 5.41) is 3.08. The Kier molecular flexibility index (Phi) is 5.35. The molecular weight excluding hydrogens is 308 g/mol. The van der Waals surface area contributed by atoms with Gasteiger partial charge in [0.25, 0.3) is 0 Å². The fourth-order valence-corrected chi connectivity index (χ4v) is 3.57. The quantitative estimate of drug-likeness (QED) is 0.844. The van der Waals surface area contributed by atoms with Crippen LogP contribution in [-0.2, 0) is 11.2 Å². The van der Waals surface area contributed by atoms with E-state index in [9.17, 15) is 4.79 Å². The molecule has 23 heavy (non-hydrogen) atoms. The first kappa shape index (κ1) is 16.1. The summed E-state index contributed by atoms with van der Waals surface area (Å²) in [6.07, 6.45) is 4.82. The first-order chi connectivity index (χ1) is 11.3. The lowest BCUT2D eigenvalue weighted by Gasteiger charge is -2.34. The standard InChI is InChI=1S/C17H22N4OS/c1-2-20-9-11-21(12-10-20)17(22)4-3-16-19-15(13-23-16)14-5-7-18-8-6-14/h5-8,13H,2-4,9-12H2,1H3. The van der Waals surface area contributed by atoms with Crippen LogP contribution in [0, 0.1) is 0 Å². The van der Waals surface area contributed by atoms with Crippen molar-refractivity contribution in [2.75, 3.05) is 32.7 Å². The van der Waals surface area contributed by atoms with E-state index in [1.54, 1.807) is 23.7 Å². The molecular formula is C17H22N4OS. The normalized spacial score (nSPS) is 15.8. The number of carbonyl (C=O) groups is 1. The van der Waals surface area contributed by atoms with Gasteiger partial charge in [-0.25, -0.2) is 4.98 Å². The largest absolute Gasteiger partial charge is 0.340 e. The van der Waals surface area contributed by atoms with Crippen LogP contribution in [0.2, 0.25) is 0 Å². The Morgan fingerprint density at radius 3 is 2.65 bits per heavy atom. The molecule has 3 rings (SSSR count). The average molecular weight is 330 g/mol. The fourth-order valence-electron chi connectivity index (χ4n) is 2.77. The van der Waals surface area contributed by atoms with E-state index < -0.39 is 0 Å². The maximum atomic E-state index is 12.3. The van der Waals surface area contributed by atoms with Crippen LogP contribution in [-0.4, -0.2) is 58.4 Å². The zero-order valence-electron chi connectivity index (χ0n) is 13.4. The van der Waals surface area contributed by atoms with Gasteiger partial charge in [-0.1, -0.05) is 6.92 Å². The number of hydrogen-bond acceptors (Lipinski definition) is 5. The predicted molar refractivity (Wildman–Crippen MR) is 92.4 cm³/mol. The van der Waals surface area contributed by atoms with E-state index in [-0.39, 0.29) is 5.91 Å². The molecule has 0 spiro atoms. The first-order valence-electron chi connectivity index (χ1n) is 8.11. The van der Waals surface area contributed by atoms with Crippen LogP contribution >= 0.6 is 11.3 Å². The van der Waals surface area contributed by atoms with Crippen LogP contribution in [0.5, 0.6) is 0 Å². The van der Waals surface area contributed by atoms with Crippen molar-refractivity contribution in [2.24, 2.45) is 0 Å².